The third kappa shape index (κ3) is 4.11. The molecule has 12 heteroatoms. The number of aromatic nitrogens is 5. The molecule has 1 N–H and O–H groups in total. The number of carbonyl (C=O) groups excluding carboxylic acids is 1. The minimum Gasteiger partial charge on any atom is -0.497 e. The highest BCUT2D eigenvalue weighted by Gasteiger charge is 2.35. The number of halogens is 4. The molecule has 0 aliphatic carbocycles. The summed E-state index contributed by atoms with van der Waals surface area (Å²) in [7, 11) is 3.14. The minimum atomic E-state index is -4.72. The summed E-state index contributed by atoms with van der Waals surface area (Å²) in [6.45, 7) is 0.0265. The second kappa shape index (κ2) is 8.15. The van der Waals surface area contributed by atoms with E-state index in [0.717, 1.165) is 6.07 Å². The third-order valence-corrected chi connectivity index (χ3v) is 5.08. The van der Waals surface area contributed by atoms with E-state index in [-0.39, 0.29) is 23.6 Å². The van der Waals surface area contributed by atoms with Crippen LogP contribution in [0.1, 0.15) is 21.9 Å². The van der Waals surface area contributed by atoms with Crippen molar-refractivity contribution in [2.24, 2.45) is 7.05 Å². The number of alkyl halides is 3. The van der Waals surface area contributed by atoms with Gasteiger partial charge in [-0.2, -0.15) is 23.4 Å². The number of methoxy groups -OCH3 is 1. The topological polar surface area (TPSA) is 86.3 Å². The highest BCUT2D eigenvalue weighted by Crippen LogP contribution is 2.32. The van der Waals surface area contributed by atoms with Crippen LogP contribution in [0.25, 0.3) is 16.9 Å². The van der Waals surface area contributed by atoms with Crippen molar-refractivity contribution in [2.45, 2.75) is 12.7 Å². The highest BCUT2D eigenvalue weighted by atomic mass is 35.5. The Balaban J connectivity index is 1.70. The van der Waals surface area contributed by atoms with Crippen LogP contribution >= 0.6 is 11.6 Å². The van der Waals surface area contributed by atoms with Gasteiger partial charge >= 0.3 is 6.18 Å². The van der Waals surface area contributed by atoms with Gasteiger partial charge in [0, 0.05) is 18.7 Å². The van der Waals surface area contributed by atoms with Crippen LogP contribution in [0, 0.1) is 0 Å². The molecule has 1 amide bonds. The molecule has 0 radical (unpaired) electrons. The zero-order valence-electron chi connectivity index (χ0n) is 16.8. The first-order chi connectivity index (χ1) is 15.2. The van der Waals surface area contributed by atoms with Gasteiger partial charge in [-0.05, 0) is 30.3 Å². The molecule has 0 saturated heterocycles. The number of nitrogens with one attached hydrogen (secondary N) is 1. The monoisotopic (exact) mass is 464 g/mol. The lowest BCUT2D eigenvalue weighted by Gasteiger charge is -2.11. The lowest BCUT2D eigenvalue weighted by Crippen LogP contribution is -2.25. The van der Waals surface area contributed by atoms with Crippen LogP contribution in [0.5, 0.6) is 5.75 Å². The van der Waals surface area contributed by atoms with Gasteiger partial charge in [0.25, 0.3) is 5.91 Å². The molecule has 8 nitrogen and oxygen atoms in total. The largest absolute Gasteiger partial charge is 0.497 e. The van der Waals surface area contributed by atoms with Crippen LogP contribution in [0.4, 0.5) is 13.2 Å². The highest BCUT2D eigenvalue weighted by molar-refractivity contribution is 6.31. The summed E-state index contributed by atoms with van der Waals surface area (Å²) < 4.78 is 48.4. The first kappa shape index (κ1) is 21.6. The zero-order chi connectivity index (χ0) is 23.0. The van der Waals surface area contributed by atoms with Gasteiger partial charge in [0.1, 0.15) is 5.75 Å². The number of hydrogen-bond acceptors (Lipinski definition) is 5. The first-order valence-corrected chi connectivity index (χ1v) is 9.62. The molecule has 4 aromatic rings. The number of fused-ring (bicyclic) bond motifs is 1. The molecule has 0 aliphatic heterocycles. The van der Waals surface area contributed by atoms with Gasteiger partial charge in [-0.15, -0.1) is 0 Å². The van der Waals surface area contributed by atoms with Gasteiger partial charge in [0.15, 0.2) is 17.0 Å². The standard InChI is InChI=1S/C20H16ClF3N6O2/c1-29-16(13(21)9-26-29)10-25-19(31)15-8-18-27-14(11-3-5-12(32-2)6-4-11)7-17(20(22,23)24)30(18)28-15/h3-9H,10H2,1-2H3,(H,25,31). The molecule has 0 atom stereocenters. The number of rotatable bonds is 5. The van der Waals surface area contributed by atoms with E-state index >= 15 is 0 Å². The van der Waals surface area contributed by atoms with Gasteiger partial charge in [-0.3, -0.25) is 9.48 Å². The van der Waals surface area contributed by atoms with Crippen LogP contribution < -0.4 is 10.1 Å². The normalized spacial score (nSPS) is 11.7. The summed E-state index contributed by atoms with van der Waals surface area (Å²) in [5, 5.41) is 10.7. The number of ether oxygens (including phenoxy) is 1. The Kier molecular flexibility index (Phi) is 5.51. The van der Waals surface area contributed by atoms with Crippen LogP contribution in [0.15, 0.2) is 42.6 Å². The Morgan fingerprint density at radius 1 is 1.22 bits per heavy atom. The minimum absolute atomic E-state index is 0.0265. The maximum Gasteiger partial charge on any atom is 0.433 e. The molecule has 0 saturated carbocycles. The summed E-state index contributed by atoms with van der Waals surface area (Å²) in [5.74, 6) is -0.116. The lowest BCUT2D eigenvalue weighted by molar-refractivity contribution is -0.142. The van der Waals surface area contributed by atoms with Crippen LogP contribution in [-0.2, 0) is 19.8 Å². The van der Waals surface area contributed by atoms with Crippen molar-refractivity contribution in [1.82, 2.24) is 29.7 Å². The summed E-state index contributed by atoms with van der Waals surface area (Å²) in [5.41, 5.74) is -0.304. The van der Waals surface area contributed by atoms with Crippen molar-refractivity contribution in [3.05, 3.63) is 64.7 Å². The Hall–Kier alpha value is -3.60. The van der Waals surface area contributed by atoms with Crippen LogP contribution in [0.2, 0.25) is 5.02 Å². The number of aryl methyl sites for hydroxylation is 1. The molecular weight excluding hydrogens is 449 g/mol. The van der Waals surface area contributed by atoms with Gasteiger partial charge < -0.3 is 10.1 Å². The Morgan fingerprint density at radius 2 is 1.94 bits per heavy atom. The molecule has 4 rings (SSSR count). The third-order valence-electron chi connectivity index (χ3n) is 4.76. The summed E-state index contributed by atoms with van der Waals surface area (Å²) >= 11 is 6.01. The fraction of sp³-hybridized carbons (Fsp3) is 0.200. The second-order valence-corrected chi connectivity index (χ2v) is 7.21. The number of amides is 1. The quantitative estimate of drug-likeness (QED) is 0.486. The van der Waals surface area contributed by atoms with Crippen molar-refractivity contribution in [1.29, 1.82) is 0 Å². The number of benzene rings is 1. The van der Waals surface area contributed by atoms with Crippen LogP contribution in [0.3, 0.4) is 0 Å². The predicted octanol–water partition coefficient (Wildman–Crippen LogP) is 3.74. The van der Waals surface area contributed by atoms with E-state index in [1.807, 2.05) is 0 Å². The van der Waals surface area contributed by atoms with E-state index in [4.69, 9.17) is 16.3 Å². The summed E-state index contributed by atoms with van der Waals surface area (Å²) in [4.78, 5) is 16.8. The number of nitrogens with zero attached hydrogens (tertiary/aromatic N) is 5. The van der Waals surface area contributed by atoms with Crippen molar-refractivity contribution in [3.63, 3.8) is 0 Å². The zero-order valence-corrected chi connectivity index (χ0v) is 17.6. The molecule has 32 heavy (non-hydrogen) atoms. The average Bonchev–Trinajstić information content (AvgIpc) is 3.33. The number of hydrogen-bond donors (Lipinski definition) is 1. The summed E-state index contributed by atoms with van der Waals surface area (Å²) in [6, 6.07) is 8.51. The fourth-order valence-electron chi connectivity index (χ4n) is 3.09. The van der Waals surface area contributed by atoms with Crippen molar-refractivity contribution in [3.8, 4) is 17.0 Å². The maximum absolute atomic E-state index is 13.7. The molecular formula is C20H16ClF3N6O2. The molecule has 0 fully saturated rings. The maximum atomic E-state index is 13.7. The molecule has 0 unspecified atom stereocenters. The summed E-state index contributed by atoms with van der Waals surface area (Å²) in [6.07, 6.45) is -3.29. The molecule has 0 aliphatic rings. The van der Waals surface area contributed by atoms with E-state index in [1.165, 1.54) is 24.1 Å². The molecule has 166 valence electrons. The van der Waals surface area contributed by atoms with Crippen molar-refractivity contribution in [2.75, 3.05) is 7.11 Å². The fourth-order valence-corrected chi connectivity index (χ4v) is 3.32. The van der Waals surface area contributed by atoms with E-state index in [1.54, 1.807) is 31.3 Å². The molecule has 0 spiro atoms. The number of carbonyl (C=O) groups is 1. The Bertz CT molecular complexity index is 1280. The van der Waals surface area contributed by atoms with E-state index in [9.17, 15) is 18.0 Å². The second-order valence-electron chi connectivity index (χ2n) is 6.80. The predicted molar refractivity (Wildman–Crippen MR) is 109 cm³/mol. The van der Waals surface area contributed by atoms with Gasteiger partial charge in [0.05, 0.1) is 36.3 Å². The van der Waals surface area contributed by atoms with E-state index < -0.39 is 17.8 Å². The van der Waals surface area contributed by atoms with Crippen molar-refractivity contribution >= 4 is 23.2 Å². The molecule has 0 bridgehead atoms. The van der Waals surface area contributed by atoms with Crippen LogP contribution in [-0.4, -0.2) is 37.4 Å². The lowest BCUT2D eigenvalue weighted by atomic mass is 10.1. The smallest absolute Gasteiger partial charge is 0.433 e. The average molecular weight is 465 g/mol. The Labute approximate surface area is 184 Å². The molecule has 1 aromatic carbocycles. The molecule has 3 heterocycles. The SMILES string of the molecule is COc1ccc(-c2cc(C(F)(F)F)n3nc(C(=O)NCc4c(Cl)cnn4C)cc3n2)cc1. The Morgan fingerprint density at radius 3 is 2.53 bits per heavy atom. The first-order valence-electron chi connectivity index (χ1n) is 9.24. The van der Waals surface area contributed by atoms with Gasteiger partial charge in [-0.1, -0.05) is 11.6 Å². The van der Waals surface area contributed by atoms with Gasteiger partial charge in [-0.25, -0.2) is 9.50 Å². The van der Waals surface area contributed by atoms with E-state index in [0.29, 0.717) is 26.5 Å². The molecule has 3 aromatic heterocycles. The van der Waals surface area contributed by atoms with Crippen molar-refractivity contribution < 1.29 is 22.7 Å². The van der Waals surface area contributed by atoms with Gasteiger partial charge in [0.2, 0.25) is 0 Å². The van der Waals surface area contributed by atoms with E-state index in [2.05, 4.69) is 20.5 Å².